The molecule has 24 heavy (non-hydrogen) atoms. The Labute approximate surface area is 138 Å². The summed E-state index contributed by atoms with van der Waals surface area (Å²) in [5.74, 6) is -0.596. The van der Waals surface area contributed by atoms with Crippen molar-refractivity contribution in [3.8, 4) is 0 Å². The molecule has 1 aromatic rings. The SMILES string of the molecule is CC(=O)NC[C@H]1CN(c2ccc(C3CC(=NO)C3)c(F)c2)C(=O)O1. The molecule has 1 aliphatic heterocycles. The van der Waals surface area contributed by atoms with Crippen molar-refractivity contribution >= 4 is 23.4 Å². The number of ether oxygens (including phenoxy) is 1. The highest BCUT2D eigenvalue weighted by molar-refractivity contribution is 5.92. The Morgan fingerprint density at radius 2 is 2.25 bits per heavy atom. The van der Waals surface area contributed by atoms with E-state index in [1.165, 1.54) is 17.9 Å². The van der Waals surface area contributed by atoms with E-state index >= 15 is 0 Å². The third kappa shape index (κ3) is 3.17. The predicted molar refractivity (Wildman–Crippen MR) is 83.9 cm³/mol. The quantitative estimate of drug-likeness (QED) is 0.650. The summed E-state index contributed by atoms with van der Waals surface area (Å²) in [5, 5.41) is 14.4. The van der Waals surface area contributed by atoms with Crippen LogP contribution < -0.4 is 10.2 Å². The fourth-order valence-electron chi connectivity index (χ4n) is 2.92. The molecule has 0 unspecified atom stereocenters. The minimum atomic E-state index is -0.559. The van der Waals surface area contributed by atoms with Gasteiger partial charge in [0, 0.05) is 6.92 Å². The highest BCUT2D eigenvalue weighted by atomic mass is 19.1. The highest BCUT2D eigenvalue weighted by Crippen LogP contribution is 2.37. The zero-order valence-electron chi connectivity index (χ0n) is 13.2. The van der Waals surface area contributed by atoms with Crippen molar-refractivity contribution in [2.45, 2.75) is 31.8 Å². The lowest BCUT2D eigenvalue weighted by molar-refractivity contribution is -0.119. The van der Waals surface area contributed by atoms with Crippen LogP contribution in [0.25, 0.3) is 0 Å². The maximum atomic E-state index is 14.3. The van der Waals surface area contributed by atoms with Crippen molar-refractivity contribution < 1.29 is 23.9 Å². The van der Waals surface area contributed by atoms with E-state index in [0.29, 0.717) is 29.8 Å². The van der Waals surface area contributed by atoms with Gasteiger partial charge in [-0.15, -0.1) is 0 Å². The summed E-state index contributed by atoms with van der Waals surface area (Å²) in [5.41, 5.74) is 1.63. The number of carbonyl (C=O) groups excluding carboxylic acids is 2. The lowest BCUT2D eigenvalue weighted by Crippen LogP contribution is -2.33. The maximum Gasteiger partial charge on any atom is 0.414 e. The number of halogens is 1. The number of benzene rings is 1. The number of carbonyl (C=O) groups is 2. The van der Waals surface area contributed by atoms with Crippen molar-refractivity contribution in [2.75, 3.05) is 18.0 Å². The minimum Gasteiger partial charge on any atom is -0.442 e. The number of anilines is 1. The van der Waals surface area contributed by atoms with Crippen LogP contribution in [0.2, 0.25) is 0 Å². The van der Waals surface area contributed by atoms with Crippen LogP contribution in [0, 0.1) is 5.82 Å². The topological polar surface area (TPSA) is 91.2 Å². The predicted octanol–water partition coefficient (Wildman–Crippen LogP) is 1.99. The fraction of sp³-hybridized carbons (Fsp3) is 0.438. The number of amides is 2. The Hall–Kier alpha value is -2.64. The van der Waals surface area contributed by atoms with Crippen molar-refractivity contribution in [1.29, 1.82) is 0 Å². The van der Waals surface area contributed by atoms with E-state index in [4.69, 9.17) is 9.94 Å². The summed E-state index contributed by atoms with van der Waals surface area (Å²) in [7, 11) is 0. The molecule has 0 spiro atoms. The van der Waals surface area contributed by atoms with Gasteiger partial charge in [-0.1, -0.05) is 11.2 Å². The van der Waals surface area contributed by atoms with Gasteiger partial charge in [0.05, 0.1) is 24.5 Å². The molecule has 2 fully saturated rings. The molecule has 1 heterocycles. The van der Waals surface area contributed by atoms with Gasteiger partial charge in [-0.2, -0.15) is 0 Å². The second-order valence-electron chi connectivity index (χ2n) is 6.03. The third-order valence-electron chi connectivity index (χ3n) is 4.29. The molecular weight excluding hydrogens is 317 g/mol. The molecule has 3 rings (SSSR count). The molecule has 8 heteroatoms. The first kappa shape index (κ1) is 16.2. The summed E-state index contributed by atoms with van der Waals surface area (Å²) in [4.78, 5) is 24.2. The Morgan fingerprint density at radius 1 is 1.50 bits per heavy atom. The Bertz CT molecular complexity index is 699. The van der Waals surface area contributed by atoms with E-state index in [9.17, 15) is 14.0 Å². The van der Waals surface area contributed by atoms with Crippen LogP contribution in [0.15, 0.2) is 23.4 Å². The molecule has 2 N–H and O–H groups in total. The number of cyclic esters (lactones) is 1. The second kappa shape index (κ2) is 6.46. The first-order valence-electron chi connectivity index (χ1n) is 7.69. The van der Waals surface area contributed by atoms with E-state index in [-0.39, 0.29) is 24.9 Å². The van der Waals surface area contributed by atoms with Crippen LogP contribution in [0.3, 0.4) is 0 Å². The Balaban J connectivity index is 1.68. The summed E-state index contributed by atoms with van der Waals surface area (Å²) < 4.78 is 19.5. The molecule has 1 saturated heterocycles. The van der Waals surface area contributed by atoms with Crippen LogP contribution in [-0.2, 0) is 9.53 Å². The van der Waals surface area contributed by atoms with Gasteiger partial charge in [0.25, 0.3) is 0 Å². The van der Waals surface area contributed by atoms with Gasteiger partial charge in [-0.25, -0.2) is 9.18 Å². The van der Waals surface area contributed by atoms with Crippen LogP contribution in [0.5, 0.6) is 0 Å². The molecule has 128 valence electrons. The van der Waals surface area contributed by atoms with Crippen LogP contribution in [-0.4, -0.2) is 42.1 Å². The smallest absolute Gasteiger partial charge is 0.414 e. The van der Waals surface area contributed by atoms with E-state index in [1.807, 2.05) is 0 Å². The zero-order valence-corrected chi connectivity index (χ0v) is 13.2. The monoisotopic (exact) mass is 335 g/mol. The summed E-state index contributed by atoms with van der Waals surface area (Å²) in [6.45, 7) is 1.86. The molecule has 7 nitrogen and oxygen atoms in total. The second-order valence-corrected chi connectivity index (χ2v) is 6.03. The first-order chi connectivity index (χ1) is 11.5. The third-order valence-corrected chi connectivity index (χ3v) is 4.29. The average Bonchev–Trinajstić information content (AvgIpc) is 2.86. The normalized spacial score (nSPS) is 22.8. The van der Waals surface area contributed by atoms with Crippen LogP contribution >= 0.6 is 0 Å². The highest BCUT2D eigenvalue weighted by Gasteiger charge is 2.34. The van der Waals surface area contributed by atoms with Crippen molar-refractivity contribution in [1.82, 2.24) is 5.32 Å². The molecule has 1 saturated carbocycles. The van der Waals surface area contributed by atoms with E-state index < -0.39 is 18.0 Å². The van der Waals surface area contributed by atoms with Gasteiger partial charge in [-0.05, 0) is 36.5 Å². The van der Waals surface area contributed by atoms with E-state index in [1.54, 1.807) is 12.1 Å². The fourth-order valence-corrected chi connectivity index (χ4v) is 2.92. The number of hydrogen-bond acceptors (Lipinski definition) is 5. The molecule has 0 aromatic heterocycles. The van der Waals surface area contributed by atoms with Crippen molar-refractivity contribution in [3.63, 3.8) is 0 Å². The molecule has 2 aliphatic rings. The van der Waals surface area contributed by atoms with Crippen molar-refractivity contribution in [2.24, 2.45) is 5.16 Å². The molecular formula is C16H18FN3O4. The molecule has 1 aromatic carbocycles. The lowest BCUT2D eigenvalue weighted by Gasteiger charge is -2.27. The first-order valence-corrected chi connectivity index (χ1v) is 7.69. The number of rotatable bonds is 4. The molecule has 1 aliphatic carbocycles. The summed E-state index contributed by atoms with van der Waals surface area (Å²) in [6, 6.07) is 4.64. The number of oxime groups is 1. The molecule has 1 atom stereocenters. The van der Waals surface area contributed by atoms with Crippen molar-refractivity contribution in [3.05, 3.63) is 29.6 Å². The standard InChI is InChI=1S/C16H18FN3O4/c1-9(21)18-7-13-8-20(16(22)24-13)12-2-3-14(15(17)6-12)10-4-11(5-10)19-23/h2-3,6,10,13,23H,4-5,7-8H2,1H3,(H,18,21)/t10?,13-/m0/s1. The van der Waals surface area contributed by atoms with Crippen LogP contribution in [0.1, 0.15) is 31.2 Å². The van der Waals surface area contributed by atoms with Gasteiger partial charge in [0.1, 0.15) is 11.9 Å². The molecule has 0 radical (unpaired) electrons. The average molecular weight is 335 g/mol. The van der Waals surface area contributed by atoms with Gasteiger partial charge in [0.2, 0.25) is 5.91 Å². The number of hydrogen-bond donors (Lipinski definition) is 2. The number of nitrogens with zero attached hydrogens (tertiary/aromatic N) is 2. The summed E-state index contributed by atoms with van der Waals surface area (Å²) in [6.07, 6.45) is 0.0594. The maximum absolute atomic E-state index is 14.3. The van der Waals surface area contributed by atoms with Gasteiger partial charge in [0.15, 0.2) is 0 Å². The van der Waals surface area contributed by atoms with Crippen LogP contribution in [0.4, 0.5) is 14.9 Å². The Morgan fingerprint density at radius 3 is 2.88 bits per heavy atom. The van der Waals surface area contributed by atoms with E-state index in [2.05, 4.69) is 10.5 Å². The van der Waals surface area contributed by atoms with Gasteiger partial charge < -0.3 is 15.3 Å². The zero-order chi connectivity index (χ0) is 17.3. The summed E-state index contributed by atoms with van der Waals surface area (Å²) >= 11 is 0. The van der Waals surface area contributed by atoms with E-state index in [0.717, 1.165) is 0 Å². The molecule has 2 amide bonds. The Kier molecular flexibility index (Phi) is 4.37. The lowest BCUT2D eigenvalue weighted by atomic mass is 9.78. The minimum absolute atomic E-state index is 0.00277. The van der Waals surface area contributed by atoms with Gasteiger partial charge in [-0.3, -0.25) is 9.69 Å². The van der Waals surface area contributed by atoms with Gasteiger partial charge >= 0.3 is 6.09 Å². The number of nitrogens with one attached hydrogen (secondary N) is 1. The molecule has 0 bridgehead atoms. The largest absolute Gasteiger partial charge is 0.442 e.